The van der Waals surface area contributed by atoms with E-state index in [0.29, 0.717) is 52.0 Å². The highest BCUT2D eigenvalue weighted by molar-refractivity contribution is 7.17. The number of rotatable bonds is 7. The normalized spacial score (nSPS) is 15.3. The number of ether oxygens (including phenoxy) is 1. The summed E-state index contributed by atoms with van der Waals surface area (Å²) in [6.45, 7) is 7.45. The van der Waals surface area contributed by atoms with Gasteiger partial charge in [-0.25, -0.2) is 23.1 Å². The number of aliphatic hydroxyl groups is 1. The number of aliphatic hydroxyl groups excluding tert-OH is 1. The van der Waals surface area contributed by atoms with Gasteiger partial charge >= 0.3 is 0 Å². The van der Waals surface area contributed by atoms with Crippen molar-refractivity contribution in [1.29, 1.82) is 0 Å². The molecule has 0 saturated heterocycles. The van der Waals surface area contributed by atoms with Crippen molar-refractivity contribution in [3.63, 3.8) is 0 Å². The van der Waals surface area contributed by atoms with Crippen LogP contribution in [0.15, 0.2) is 60.8 Å². The average molecular weight is 659 g/mol. The average Bonchev–Trinajstić information content (AvgIpc) is 3.76. The fourth-order valence-electron chi connectivity index (χ4n) is 6.14. The van der Waals surface area contributed by atoms with Gasteiger partial charge in [0.25, 0.3) is 0 Å². The molecule has 0 spiro atoms. The molecule has 1 N–H and O–H groups in total. The number of fused-ring (bicyclic) bond motifs is 3. The monoisotopic (exact) mass is 658 g/mol. The van der Waals surface area contributed by atoms with Crippen LogP contribution in [0.5, 0.6) is 5.75 Å². The fourth-order valence-corrected chi connectivity index (χ4v) is 7.07. The van der Waals surface area contributed by atoms with Crippen molar-refractivity contribution >= 4 is 38.4 Å². The molecule has 1 amide bonds. The molecule has 1 aliphatic rings. The van der Waals surface area contributed by atoms with Gasteiger partial charge in [-0.05, 0) is 38.1 Å². The number of hydrogen-bond acceptors (Lipinski definition) is 7. The third kappa shape index (κ3) is 5.15. The molecule has 2 atom stereocenters. The summed E-state index contributed by atoms with van der Waals surface area (Å²) in [4.78, 5) is 23.8. The lowest BCUT2D eigenvalue weighted by atomic mass is 9.94. The standard InChI is InChI=1S/C34H29F3N6O3S/c1-5-28(45)42-8-9-43-26(18(42)3)13-24(40-43)33-31(29-21(36)11-20(35)12-27(29)46-14-17(2)44)30-22(37)15-47-34(30)32(39-33)19-6-7-25-23(10-19)38-16-41(25)4/h5-7,10-13,15-18,44H,1,8-9,14H2,2-4H3/t17-,18-/m1/s1. The van der Waals surface area contributed by atoms with Crippen molar-refractivity contribution in [3.8, 4) is 39.5 Å². The summed E-state index contributed by atoms with van der Waals surface area (Å²) in [5.74, 6) is -2.98. The molecule has 6 aromatic rings. The van der Waals surface area contributed by atoms with Gasteiger partial charge in [-0.15, -0.1) is 11.3 Å². The lowest BCUT2D eigenvalue weighted by molar-refractivity contribution is -0.129. The maximum Gasteiger partial charge on any atom is 0.246 e. The third-order valence-electron chi connectivity index (χ3n) is 8.38. The summed E-state index contributed by atoms with van der Waals surface area (Å²) < 4.78 is 56.5. The zero-order valence-corrected chi connectivity index (χ0v) is 26.5. The molecule has 1 aliphatic heterocycles. The molecule has 13 heteroatoms. The van der Waals surface area contributed by atoms with Crippen LogP contribution in [0.1, 0.15) is 25.6 Å². The molecule has 47 heavy (non-hydrogen) atoms. The summed E-state index contributed by atoms with van der Waals surface area (Å²) in [6, 6.07) is 8.69. The highest BCUT2D eigenvalue weighted by Gasteiger charge is 2.32. The van der Waals surface area contributed by atoms with Gasteiger partial charge in [-0.3, -0.25) is 9.48 Å². The zero-order valence-electron chi connectivity index (χ0n) is 25.7. The van der Waals surface area contributed by atoms with E-state index in [9.17, 15) is 14.3 Å². The second-order valence-electron chi connectivity index (χ2n) is 11.5. The Morgan fingerprint density at radius 1 is 1.15 bits per heavy atom. The molecule has 7 rings (SSSR count). The van der Waals surface area contributed by atoms with Crippen molar-refractivity contribution in [2.75, 3.05) is 13.2 Å². The van der Waals surface area contributed by atoms with E-state index in [2.05, 4.69) is 11.6 Å². The van der Waals surface area contributed by atoms with Crippen molar-refractivity contribution in [1.82, 2.24) is 29.2 Å². The molecule has 2 aromatic carbocycles. The minimum atomic E-state index is -0.997. The highest BCUT2D eigenvalue weighted by atomic mass is 32.1. The highest BCUT2D eigenvalue weighted by Crippen LogP contribution is 2.48. The number of aryl methyl sites for hydroxylation is 1. The molecular formula is C34H29F3N6O3S. The molecule has 0 bridgehead atoms. The van der Waals surface area contributed by atoms with Gasteiger partial charge < -0.3 is 19.3 Å². The molecule has 0 aliphatic carbocycles. The summed E-state index contributed by atoms with van der Waals surface area (Å²) in [6.07, 6.45) is 2.00. The molecule has 0 unspecified atom stereocenters. The Labute approximate surface area is 271 Å². The first kappa shape index (κ1) is 30.6. The molecule has 5 heterocycles. The van der Waals surface area contributed by atoms with Crippen molar-refractivity contribution < 1.29 is 27.8 Å². The van der Waals surface area contributed by atoms with Gasteiger partial charge in [0.15, 0.2) is 0 Å². The summed E-state index contributed by atoms with van der Waals surface area (Å²) >= 11 is 1.11. The Morgan fingerprint density at radius 3 is 2.72 bits per heavy atom. The van der Waals surface area contributed by atoms with Gasteiger partial charge in [0.2, 0.25) is 5.91 Å². The van der Waals surface area contributed by atoms with Crippen LogP contribution in [-0.2, 0) is 18.4 Å². The lowest BCUT2D eigenvalue weighted by Gasteiger charge is -2.33. The number of thiophene rings is 1. The topological polar surface area (TPSA) is 98.3 Å². The molecule has 0 fully saturated rings. The Balaban J connectivity index is 1.54. The number of hydrogen-bond donors (Lipinski definition) is 1. The number of aromatic nitrogens is 5. The van der Waals surface area contributed by atoms with Gasteiger partial charge in [0.1, 0.15) is 41.2 Å². The van der Waals surface area contributed by atoms with E-state index in [1.807, 2.05) is 36.7 Å². The smallest absolute Gasteiger partial charge is 0.246 e. The molecule has 9 nitrogen and oxygen atoms in total. The van der Waals surface area contributed by atoms with E-state index in [1.165, 1.54) is 18.4 Å². The van der Waals surface area contributed by atoms with Crippen LogP contribution in [0.4, 0.5) is 13.2 Å². The first-order valence-corrected chi connectivity index (χ1v) is 15.8. The van der Waals surface area contributed by atoms with E-state index in [-0.39, 0.29) is 46.5 Å². The number of pyridine rings is 1. The summed E-state index contributed by atoms with van der Waals surface area (Å²) in [5, 5.41) is 16.1. The van der Waals surface area contributed by atoms with Crippen LogP contribution < -0.4 is 4.74 Å². The second-order valence-corrected chi connectivity index (χ2v) is 12.4. The fraction of sp³-hybridized carbons (Fsp3) is 0.235. The first-order valence-electron chi connectivity index (χ1n) is 14.9. The second kappa shape index (κ2) is 11.7. The van der Waals surface area contributed by atoms with E-state index in [0.717, 1.165) is 22.9 Å². The van der Waals surface area contributed by atoms with Crippen LogP contribution in [0.25, 0.3) is 54.9 Å². The van der Waals surface area contributed by atoms with E-state index in [1.54, 1.807) is 22.0 Å². The van der Waals surface area contributed by atoms with Gasteiger partial charge in [0, 0.05) is 47.6 Å². The first-order chi connectivity index (χ1) is 22.5. The van der Waals surface area contributed by atoms with Crippen LogP contribution in [0, 0.1) is 17.5 Å². The minimum absolute atomic E-state index is 0.0293. The third-order valence-corrected chi connectivity index (χ3v) is 9.34. The number of carbonyl (C=O) groups is 1. The SMILES string of the molecule is C=CC(=O)N1CCn2nc(-c3nc(-c4ccc5c(c4)ncn5C)c4scc(F)c4c3-c3c(F)cc(F)cc3OC[C@@H](C)O)cc2[C@H]1C. The number of nitrogens with zero attached hydrogens (tertiary/aromatic N) is 6. The zero-order chi connectivity index (χ0) is 33.1. The van der Waals surface area contributed by atoms with E-state index < -0.39 is 23.6 Å². The van der Waals surface area contributed by atoms with E-state index >= 15 is 8.78 Å². The van der Waals surface area contributed by atoms with Crippen LogP contribution in [0.2, 0.25) is 0 Å². The number of carbonyl (C=O) groups excluding carboxylic acids is 1. The Morgan fingerprint density at radius 2 is 1.96 bits per heavy atom. The number of imidazole rings is 1. The van der Waals surface area contributed by atoms with E-state index in [4.69, 9.17) is 14.8 Å². The van der Waals surface area contributed by atoms with Crippen molar-refractivity contribution in [2.24, 2.45) is 7.05 Å². The number of amides is 1. The molecule has 0 saturated carbocycles. The molecule has 0 radical (unpaired) electrons. The van der Waals surface area contributed by atoms with Gasteiger partial charge in [0.05, 0.1) is 57.7 Å². The number of benzene rings is 2. The molecule has 4 aromatic heterocycles. The minimum Gasteiger partial charge on any atom is -0.490 e. The van der Waals surface area contributed by atoms with Crippen molar-refractivity contribution in [3.05, 3.63) is 83.9 Å². The van der Waals surface area contributed by atoms with Crippen LogP contribution in [-0.4, -0.2) is 59.5 Å². The maximum atomic E-state index is 16.1. The summed E-state index contributed by atoms with van der Waals surface area (Å²) in [7, 11) is 1.88. The molecular weight excluding hydrogens is 629 g/mol. The maximum absolute atomic E-state index is 16.1. The molecule has 240 valence electrons. The lowest BCUT2D eigenvalue weighted by Crippen LogP contribution is -2.40. The number of halogens is 3. The Hall–Kier alpha value is -5.01. The van der Waals surface area contributed by atoms with Crippen LogP contribution in [0.3, 0.4) is 0 Å². The Kier molecular flexibility index (Phi) is 7.60. The van der Waals surface area contributed by atoms with Crippen LogP contribution >= 0.6 is 11.3 Å². The Bertz CT molecular complexity index is 2220. The van der Waals surface area contributed by atoms with Gasteiger partial charge in [-0.2, -0.15) is 5.10 Å². The predicted octanol–water partition coefficient (Wildman–Crippen LogP) is 6.65. The van der Waals surface area contributed by atoms with Crippen molar-refractivity contribution in [2.45, 2.75) is 32.5 Å². The summed E-state index contributed by atoms with van der Waals surface area (Å²) in [5.41, 5.74) is 3.62. The quantitative estimate of drug-likeness (QED) is 0.193. The predicted molar refractivity (Wildman–Crippen MR) is 173 cm³/mol. The van der Waals surface area contributed by atoms with Gasteiger partial charge in [-0.1, -0.05) is 12.6 Å². The largest absolute Gasteiger partial charge is 0.490 e.